The van der Waals surface area contributed by atoms with Crippen molar-refractivity contribution in [3.8, 4) is 0 Å². The summed E-state index contributed by atoms with van der Waals surface area (Å²) in [5.74, 6) is 0. The van der Waals surface area contributed by atoms with E-state index < -0.39 is 0 Å². The van der Waals surface area contributed by atoms with Crippen molar-refractivity contribution < 1.29 is 9.53 Å². The lowest BCUT2D eigenvalue weighted by Gasteiger charge is -2.19. The molecule has 0 unspecified atom stereocenters. The highest BCUT2D eigenvalue weighted by molar-refractivity contribution is 5.86. The van der Waals surface area contributed by atoms with Crippen molar-refractivity contribution in [3.05, 3.63) is 23.8 Å². The zero-order chi connectivity index (χ0) is 13.0. The van der Waals surface area contributed by atoms with Gasteiger partial charge in [0.25, 0.3) is 0 Å². The molecule has 0 spiro atoms. The van der Waals surface area contributed by atoms with E-state index in [9.17, 15) is 4.79 Å². The fraction of sp³-hybridized carbons (Fsp3) is 0.500. The topological polar surface area (TPSA) is 41.6 Å². The maximum absolute atomic E-state index is 11.5. The van der Waals surface area contributed by atoms with Crippen molar-refractivity contribution in [1.82, 2.24) is 0 Å². The molecule has 1 aliphatic heterocycles. The molecule has 1 N–H and O–H groups in total. The molecule has 4 nitrogen and oxygen atoms in total. The van der Waals surface area contributed by atoms with Crippen molar-refractivity contribution in [2.75, 3.05) is 29.9 Å². The van der Waals surface area contributed by atoms with Gasteiger partial charge in [-0.25, -0.2) is 4.79 Å². The van der Waals surface area contributed by atoms with Crippen molar-refractivity contribution in [2.24, 2.45) is 0 Å². The van der Waals surface area contributed by atoms with Crippen LogP contribution in [-0.2, 0) is 4.74 Å². The van der Waals surface area contributed by atoms with Gasteiger partial charge < -0.3 is 9.64 Å². The van der Waals surface area contributed by atoms with E-state index in [1.165, 1.54) is 18.5 Å². The summed E-state index contributed by atoms with van der Waals surface area (Å²) < 4.78 is 4.90. The summed E-state index contributed by atoms with van der Waals surface area (Å²) in [6, 6.07) is 6.17. The minimum atomic E-state index is -0.390. The zero-order valence-corrected chi connectivity index (χ0v) is 11.0. The number of nitrogens with one attached hydrogen (secondary N) is 1. The summed E-state index contributed by atoms with van der Waals surface area (Å²) in [7, 11) is 0. The van der Waals surface area contributed by atoms with Gasteiger partial charge in [-0.15, -0.1) is 0 Å². The first kappa shape index (κ1) is 12.7. The van der Waals surface area contributed by atoms with Crippen LogP contribution in [0.4, 0.5) is 16.2 Å². The summed E-state index contributed by atoms with van der Waals surface area (Å²) in [5.41, 5.74) is 3.05. The Morgan fingerprint density at radius 2 is 2.11 bits per heavy atom. The fourth-order valence-electron chi connectivity index (χ4n) is 2.19. The van der Waals surface area contributed by atoms with Gasteiger partial charge in [-0.1, -0.05) is 6.07 Å². The number of hydrogen-bond acceptors (Lipinski definition) is 3. The van der Waals surface area contributed by atoms with E-state index in [1.807, 2.05) is 19.1 Å². The van der Waals surface area contributed by atoms with Gasteiger partial charge >= 0.3 is 6.09 Å². The van der Waals surface area contributed by atoms with Crippen molar-refractivity contribution in [1.29, 1.82) is 0 Å². The third-order valence-electron chi connectivity index (χ3n) is 3.20. The number of aryl methyl sites for hydroxylation is 1. The molecule has 4 heteroatoms. The number of carbonyl (C=O) groups is 1. The predicted octanol–water partition coefficient (Wildman–Crippen LogP) is 3.16. The molecule has 1 heterocycles. The zero-order valence-electron chi connectivity index (χ0n) is 11.0. The summed E-state index contributed by atoms with van der Waals surface area (Å²) in [6.45, 7) is 6.36. The van der Waals surface area contributed by atoms with E-state index in [-0.39, 0.29) is 6.09 Å². The number of ether oxygens (including phenoxy) is 1. The number of hydrogen-bond donors (Lipinski definition) is 1. The molecule has 1 aromatic rings. The van der Waals surface area contributed by atoms with Crippen LogP contribution in [0.25, 0.3) is 0 Å². The van der Waals surface area contributed by atoms with E-state index in [4.69, 9.17) is 4.74 Å². The number of amides is 1. The van der Waals surface area contributed by atoms with E-state index in [0.29, 0.717) is 6.61 Å². The molecule has 1 fully saturated rings. The molecule has 0 aliphatic carbocycles. The van der Waals surface area contributed by atoms with Crippen LogP contribution in [0.3, 0.4) is 0 Å². The minimum Gasteiger partial charge on any atom is -0.450 e. The third-order valence-corrected chi connectivity index (χ3v) is 3.20. The molecule has 98 valence electrons. The highest BCUT2D eigenvalue weighted by atomic mass is 16.5. The Hall–Kier alpha value is -1.71. The summed E-state index contributed by atoms with van der Waals surface area (Å²) in [6.07, 6.45) is 2.10. The Balaban J connectivity index is 2.13. The Bertz CT molecular complexity index is 426. The summed E-state index contributed by atoms with van der Waals surface area (Å²) >= 11 is 0. The van der Waals surface area contributed by atoms with Gasteiger partial charge in [-0.3, -0.25) is 5.32 Å². The summed E-state index contributed by atoms with van der Waals surface area (Å²) in [5, 5.41) is 2.79. The monoisotopic (exact) mass is 248 g/mol. The largest absolute Gasteiger partial charge is 0.450 e. The van der Waals surface area contributed by atoms with Crippen molar-refractivity contribution >= 4 is 17.5 Å². The maximum atomic E-state index is 11.5. The van der Waals surface area contributed by atoms with Crippen LogP contribution in [0.2, 0.25) is 0 Å². The Morgan fingerprint density at radius 1 is 1.39 bits per heavy atom. The molecule has 0 radical (unpaired) electrons. The third kappa shape index (κ3) is 2.94. The van der Waals surface area contributed by atoms with Gasteiger partial charge in [0.2, 0.25) is 0 Å². The lowest BCUT2D eigenvalue weighted by Crippen LogP contribution is -2.19. The lowest BCUT2D eigenvalue weighted by atomic mass is 10.1. The molecular formula is C14H20N2O2. The number of rotatable bonds is 3. The molecule has 18 heavy (non-hydrogen) atoms. The van der Waals surface area contributed by atoms with Crippen molar-refractivity contribution in [3.63, 3.8) is 0 Å². The fourth-order valence-corrected chi connectivity index (χ4v) is 2.19. The predicted molar refractivity (Wildman–Crippen MR) is 73.3 cm³/mol. The summed E-state index contributed by atoms with van der Waals surface area (Å²) in [4.78, 5) is 13.8. The lowest BCUT2D eigenvalue weighted by molar-refractivity contribution is 0.168. The Kier molecular flexibility index (Phi) is 4.07. The van der Waals surface area contributed by atoms with E-state index >= 15 is 0 Å². The van der Waals surface area contributed by atoms with Crippen LogP contribution in [0.5, 0.6) is 0 Å². The van der Waals surface area contributed by atoms with E-state index in [1.54, 1.807) is 6.92 Å². The molecule has 1 aromatic carbocycles. The smallest absolute Gasteiger partial charge is 0.411 e. The number of carbonyl (C=O) groups excluding carboxylic acids is 1. The molecular weight excluding hydrogens is 228 g/mol. The second-order valence-electron chi connectivity index (χ2n) is 4.54. The molecule has 1 aliphatic rings. The van der Waals surface area contributed by atoms with Crippen LogP contribution in [0.15, 0.2) is 18.2 Å². The van der Waals surface area contributed by atoms with Crippen molar-refractivity contribution in [2.45, 2.75) is 26.7 Å². The van der Waals surface area contributed by atoms with E-state index in [0.717, 1.165) is 24.3 Å². The highest BCUT2D eigenvalue weighted by Crippen LogP contribution is 2.26. The normalized spacial score (nSPS) is 14.7. The quantitative estimate of drug-likeness (QED) is 0.893. The average Bonchev–Trinajstić information content (AvgIpc) is 2.86. The van der Waals surface area contributed by atoms with Gasteiger partial charge in [0.15, 0.2) is 0 Å². The Morgan fingerprint density at radius 3 is 2.78 bits per heavy atom. The second kappa shape index (κ2) is 5.76. The SMILES string of the molecule is CCOC(=O)Nc1cc(N2CCCC2)ccc1C. The van der Waals surface area contributed by atoms with Gasteiger partial charge in [0, 0.05) is 24.5 Å². The highest BCUT2D eigenvalue weighted by Gasteiger charge is 2.14. The van der Waals surface area contributed by atoms with Crippen LogP contribution in [0.1, 0.15) is 25.3 Å². The van der Waals surface area contributed by atoms with Crippen LogP contribution >= 0.6 is 0 Å². The first-order chi connectivity index (χ1) is 8.70. The number of nitrogens with zero attached hydrogens (tertiary/aromatic N) is 1. The number of benzene rings is 1. The van der Waals surface area contributed by atoms with Gasteiger partial charge in [0.1, 0.15) is 0 Å². The van der Waals surface area contributed by atoms with Gasteiger partial charge in [-0.2, -0.15) is 0 Å². The van der Waals surface area contributed by atoms with Crippen LogP contribution in [-0.4, -0.2) is 25.8 Å². The number of anilines is 2. The first-order valence-corrected chi connectivity index (χ1v) is 6.50. The average molecular weight is 248 g/mol. The second-order valence-corrected chi connectivity index (χ2v) is 4.54. The molecule has 2 rings (SSSR count). The van der Waals surface area contributed by atoms with Gasteiger partial charge in [0.05, 0.1) is 6.61 Å². The maximum Gasteiger partial charge on any atom is 0.411 e. The standard InChI is InChI=1S/C14H20N2O2/c1-3-18-14(17)15-13-10-12(7-6-11(13)2)16-8-4-5-9-16/h6-7,10H,3-5,8-9H2,1-2H3,(H,15,17). The molecule has 1 amide bonds. The molecule has 0 saturated carbocycles. The minimum absolute atomic E-state index is 0.386. The molecule has 1 saturated heterocycles. The van der Waals surface area contributed by atoms with Gasteiger partial charge in [-0.05, 0) is 44.4 Å². The van der Waals surface area contributed by atoms with Crippen LogP contribution < -0.4 is 10.2 Å². The molecule has 0 bridgehead atoms. The van der Waals surface area contributed by atoms with Crippen LogP contribution in [0, 0.1) is 6.92 Å². The van der Waals surface area contributed by atoms with E-state index in [2.05, 4.69) is 16.3 Å². The molecule has 0 aromatic heterocycles. The Labute approximate surface area is 108 Å². The molecule has 0 atom stereocenters. The first-order valence-electron chi connectivity index (χ1n) is 6.50.